The van der Waals surface area contributed by atoms with Gasteiger partial charge in [-0.15, -0.1) is 0 Å². The fourth-order valence-electron chi connectivity index (χ4n) is 2.18. The first-order valence-electron chi connectivity index (χ1n) is 5.87. The highest BCUT2D eigenvalue weighted by atomic mass is 79.9. The van der Waals surface area contributed by atoms with Gasteiger partial charge >= 0.3 is 0 Å². The van der Waals surface area contributed by atoms with E-state index in [1.54, 1.807) is 16.7 Å². The highest BCUT2D eigenvalue weighted by molar-refractivity contribution is 9.10. The summed E-state index contributed by atoms with van der Waals surface area (Å²) in [5, 5.41) is 0.626. The Morgan fingerprint density at radius 3 is 2.85 bits per heavy atom. The Morgan fingerprint density at radius 2 is 2.10 bits per heavy atom. The topological polar surface area (TPSA) is 43.8 Å². The summed E-state index contributed by atoms with van der Waals surface area (Å²) >= 11 is 9.28. The monoisotopic (exact) mass is 353 g/mol. The smallest absolute Gasteiger partial charge is 0.205 e. The summed E-state index contributed by atoms with van der Waals surface area (Å²) in [6, 6.07) is 8.51. The van der Waals surface area contributed by atoms with E-state index >= 15 is 0 Å². The number of hydrogen-bond donors (Lipinski definition) is 1. The van der Waals surface area contributed by atoms with Gasteiger partial charge in [0.15, 0.2) is 0 Å². The summed E-state index contributed by atoms with van der Waals surface area (Å²) in [4.78, 5) is 4.26. The Bertz CT molecular complexity index is 829. The lowest BCUT2D eigenvalue weighted by molar-refractivity contribution is 0.622. The van der Waals surface area contributed by atoms with E-state index in [2.05, 4.69) is 20.9 Å². The molecule has 2 aromatic carbocycles. The van der Waals surface area contributed by atoms with Crippen LogP contribution >= 0.6 is 27.5 Å². The van der Waals surface area contributed by atoms with Crippen LogP contribution in [0.4, 0.5) is 10.3 Å². The molecule has 0 aliphatic rings. The van der Waals surface area contributed by atoms with Crippen molar-refractivity contribution in [2.45, 2.75) is 6.92 Å². The average Bonchev–Trinajstić information content (AvgIpc) is 2.69. The molecule has 0 bridgehead atoms. The lowest BCUT2D eigenvalue weighted by atomic mass is 10.2. The SMILES string of the molecule is Cc1c(Cl)cccc1-n1c(N)nc2cc(Br)c(F)cc21. The van der Waals surface area contributed by atoms with Crippen molar-refractivity contribution in [2.75, 3.05) is 5.73 Å². The molecule has 0 amide bonds. The molecule has 20 heavy (non-hydrogen) atoms. The van der Waals surface area contributed by atoms with Gasteiger partial charge in [-0.05, 0) is 46.6 Å². The van der Waals surface area contributed by atoms with Crippen molar-refractivity contribution in [2.24, 2.45) is 0 Å². The minimum atomic E-state index is -0.363. The van der Waals surface area contributed by atoms with Gasteiger partial charge in [-0.1, -0.05) is 17.7 Å². The van der Waals surface area contributed by atoms with Crippen LogP contribution in [0.1, 0.15) is 5.56 Å². The molecule has 3 rings (SSSR count). The van der Waals surface area contributed by atoms with Crippen LogP contribution in [-0.2, 0) is 0 Å². The molecule has 3 aromatic rings. The molecule has 0 saturated carbocycles. The van der Waals surface area contributed by atoms with Gasteiger partial charge in [0.2, 0.25) is 5.95 Å². The zero-order chi connectivity index (χ0) is 14.4. The number of anilines is 1. The summed E-state index contributed by atoms with van der Waals surface area (Å²) in [7, 11) is 0. The van der Waals surface area contributed by atoms with Crippen LogP contribution in [0.15, 0.2) is 34.8 Å². The number of hydrogen-bond acceptors (Lipinski definition) is 2. The Kier molecular flexibility index (Phi) is 3.18. The number of nitrogens with zero attached hydrogens (tertiary/aromatic N) is 2. The van der Waals surface area contributed by atoms with Crippen LogP contribution < -0.4 is 5.73 Å². The van der Waals surface area contributed by atoms with Crippen molar-refractivity contribution in [3.05, 3.63) is 51.2 Å². The number of fused-ring (bicyclic) bond motifs is 1. The van der Waals surface area contributed by atoms with Crippen molar-refractivity contribution in [1.82, 2.24) is 9.55 Å². The maximum Gasteiger partial charge on any atom is 0.205 e. The summed E-state index contributed by atoms with van der Waals surface area (Å²) in [6.07, 6.45) is 0. The predicted octanol–water partition coefficient (Wildman–Crippen LogP) is 4.47. The van der Waals surface area contributed by atoms with E-state index < -0.39 is 0 Å². The Hall–Kier alpha value is -1.59. The number of aromatic nitrogens is 2. The number of imidazole rings is 1. The van der Waals surface area contributed by atoms with Crippen LogP contribution in [-0.4, -0.2) is 9.55 Å². The zero-order valence-electron chi connectivity index (χ0n) is 10.5. The number of halogens is 3. The lowest BCUT2D eigenvalue weighted by Crippen LogP contribution is -2.02. The van der Waals surface area contributed by atoms with Crippen LogP contribution in [0, 0.1) is 12.7 Å². The third-order valence-electron chi connectivity index (χ3n) is 3.20. The quantitative estimate of drug-likeness (QED) is 0.700. The van der Waals surface area contributed by atoms with Crippen LogP contribution in [0.5, 0.6) is 0 Å². The summed E-state index contributed by atoms with van der Waals surface area (Å²) < 4.78 is 15.8. The molecule has 1 aromatic heterocycles. The molecule has 2 N–H and O–H groups in total. The van der Waals surface area contributed by atoms with Gasteiger partial charge in [0.25, 0.3) is 0 Å². The zero-order valence-corrected chi connectivity index (χ0v) is 12.8. The van der Waals surface area contributed by atoms with Crippen molar-refractivity contribution < 1.29 is 4.39 Å². The van der Waals surface area contributed by atoms with E-state index in [1.807, 2.05) is 19.1 Å². The molecule has 0 fully saturated rings. The normalized spacial score (nSPS) is 11.2. The molecular formula is C14H10BrClFN3. The van der Waals surface area contributed by atoms with Gasteiger partial charge in [0.1, 0.15) is 5.82 Å². The first kappa shape index (κ1) is 13.4. The fourth-order valence-corrected chi connectivity index (χ4v) is 2.68. The van der Waals surface area contributed by atoms with E-state index in [-0.39, 0.29) is 5.82 Å². The van der Waals surface area contributed by atoms with E-state index in [1.165, 1.54) is 6.07 Å². The van der Waals surface area contributed by atoms with Crippen molar-refractivity contribution in [1.29, 1.82) is 0 Å². The average molecular weight is 355 g/mol. The van der Waals surface area contributed by atoms with Gasteiger partial charge in [0, 0.05) is 11.1 Å². The molecule has 102 valence electrons. The third kappa shape index (κ3) is 1.98. The van der Waals surface area contributed by atoms with E-state index in [0.29, 0.717) is 26.5 Å². The minimum absolute atomic E-state index is 0.294. The molecule has 6 heteroatoms. The standard InChI is InChI=1S/C14H10BrClFN3/c1-7-9(16)3-2-4-12(7)20-13-6-10(17)8(15)5-11(13)19-14(20)18/h2-6H,1H3,(H2,18,19). The number of nitrogen functional groups attached to an aromatic ring is 1. The number of nitrogens with two attached hydrogens (primary N) is 1. The maximum atomic E-state index is 13.8. The Morgan fingerprint density at radius 1 is 1.35 bits per heavy atom. The molecule has 1 heterocycles. The second-order valence-electron chi connectivity index (χ2n) is 4.44. The first-order chi connectivity index (χ1) is 9.49. The molecule has 0 aliphatic heterocycles. The molecule has 0 radical (unpaired) electrons. The van der Waals surface area contributed by atoms with Crippen molar-refractivity contribution >= 4 is 44.5 Å². The lowest BCUT2D eigenvalue weighted by Gasteiger charge is -2.11. The molecule has 3 nitrogen and oxygen atoms in total. The highest BCUT2D eigenvalue weighted by Crippen LogP contribution is 2.30. The van der Waals surface area contributed by atoms with Crippen LogP contribution in [0.25, 0.3) is 16.7 Å². The summed E-state index contributed by atoms with van der Waals surface area (Å²) in [6.45, 7) is 1.89. The first-order valence-corrected chi connectivity index (χ1v) is 7.04. The van der Waals surface area contributed by atoms with E-state index in [9.17, 15) is 4.39 Å². The molecule has 0 aliphatic carbocycles. The summed E-state index contributed by atoms with van der Waals surface area (Å²) in [5.41, 5.74) is 8.86. The molecule has 0 atom stereocenters. The van der Waals surface area contributed by atoms with Crippen molar-refractivity contribution in [3.8, 4) is 5.69 Å². The Labute approximate surface area is 128 Å². The Balaban J connectivity index is 2.39. The molecule has 0 saturated heterocycles. The van der Waals surface area contributed by atoms with Crippen molar-refractivity contribution in [3.63, 3.8) is 0 Å². The predicted molar refractivity (Wildman–Crippen MR) is 82.9 cm³/mol. The van der Waals surface area contributed by atoms with Gasteiger partial charge in [-0.3, -0.25) is 4.57 Å². The van der Waals surface area contributed by atoms with Gasteiger partial charge in [-0.2, -0.15) is 0 Å². The fraction of sp³-hybridized carbons (Fsp3) is 0.0714. The van der Waals surface area contributed by atoms with Gasteiger partial charge in [0.05, 0.1) is 21.2 Å². The second kappa shape index (κ2) is 4.75. The number of rotatable bonds is 1. The molecular weight excluding hydrogens is 345 g/mol. The maximum absolute atomic E-state index is 13.8. The van der Waals surface area contributed by atoms with Gasteiger partial charge < -0.3 is 5.73 Å². The second-order valence-corrected chi connectivity index (χ2v) is 5.71. The largest absolute Gasteiger partial charge is 0.369 e. The van der Waals surface area contributed by atoms with E-state index in [0.717, 1.165) is 11.3 Å². The molecule has 0 unspecified atom stereocenters. The van der Waals surface area contributed by atoms with Gasteiger partial charge in [-0.25, -0.2) is 9.37 Å². The summed E-state index contributed by atoms with van der Waals surface area (Å²) in [5.74, 6) is -0.0683. The molecule has 0 spiro atoms. The van der Waals surface area contributed by atoms with Crippen LogP contribution in [0.3, 0.4) is 0 Å². The minimum Gasteiger partial charge on any atom is -0.369 e. The number of benzene rings is 2. The highest BCUT2D eigenvalue weighted by Gasteiger charge is 2.15. The van der Waals surface area contributed by atoms with Crippen LogP contribution in [0.2, 0.25) is 5.02 Å². The third-order valence-corrected chi connectivity index (χ3v) is 4.22. The van der Waals surface area contributed by atoms with E-state index in [4.69, 9.17) is 17.3 Å².